The van der Waals surface area contributed by atoms with Gasteiger partial charge in [0.1, 0.15) is 11.6 Å². The van der Waals surface area contributed by atoms with E-state index in [0.717, 1.165) is 5.56 Å². The Balaban J connectivity index is 2.28. The van der Waals surface area contributed by atoms with Crippen molar-refractivity contribution in [3.63, 3.8) is 0 Å². The van der Waals surface area contributed by atoms with Gasteiger partial charge in [0, 0.05) is 0 Å². The Hall–Kier alpha value is -2.71. The van der Waals surface area contributed by atoms with Crippen molar-refractivity contribution >= 4 is 22.0 Å². The predicted octanol–water partition coefficient (Wildman–Crippen LogP) is 2.70. The minimum Gasteiger partial charge on any atom is -0.465 e. The SMILES string of the molecule is COC(=O)c1ccc(S(=O)(=O)N[C@@H](Cc2ccccc2)C(=O)OC(C)(C)C)cc1. The van der Waals surface area contributed by atoms with Crippen molar-refractivity contribution in [3.8, 4) is 0 Å². The number of hydrogen-bond donors (Lipinski definition) is 1. The third-order valence-electron chi connectivity index (χ3n) is 3.86. The van der Waals surface area contributed by atoms with E-state index in [1.807, 2.05) is 18.2 Å². The molecule has 2 aromatic rings. The standard InChI is InChI=1S/C21H25NO6S/c1-21(2,3)28-20(24)18(14-15-8-6-5-7-9-15)22-29(25,26)17-12-10-16(11-13-17)19(23)27-4/h5-13,18,22H,14H2,1-4H3/t18-/m0/s1. The zero-order valence-electron chi connectivity index (χ0n) is 16.8. The van der Waals surface area contributed by atoms with E-state index in [1.54, 1.807) is 32.9 Å². The van der Waals surface area contributed by atoms with Crippen LogP contribution < -0.4 is 4.72 Å². The maximum Gasteiger partial charge on any atom is 0.337 e. The van der Waals surface area contributed by atoms with Gasteiger partial charge in [0.05, 0.1) is 17.6 Å². The van der Waals surface area contributed by atoms with Crippen molar-refractivity contribution in [1.82, 2.24) is 4.72 Å². The lowest BCUT2D eigenvalue weighted by Gasteiger charge is -2.24. The highest BCUT2D eigenvalue weighted by Gasteiger charge is 2.30. The van der Waals surface area contributed by atoms with E-state index in [0.29, 0.717) is 0 Å². The third kappa shape index (κ3) is 6.69. The molecule has 2 aromatic carbocycles. The molecular formula is C21H25NO6S. The van der Waals surface area contributed by atoms with Gasteiger partial charge < -0.3 is 9.47 Å². The first kappa shape index (κ1) is 22.6. The maximum absolute atomic E-state index is 12.8. The second kappa shape index (κ2) is 9.19. The summed E-state index contributed by atoms with van der Waals surface area (Å²) < 4.78 is 38.1. The molecule has 0 saturated heterocycles. The molecule has 0 aliphatic heterocycles. The summed E-state index contributed by atoms with van der Waals surface area (Å²) in [6.45, 7) is 5.14. The smallest absolute Gasteiger partial charge is 0.337 e. The molecule has 0 bridgehead atoms. The molecule has 7 nitrogen and oxygen atoms in total. The first-order valence-electron chi connectivity index (χ1n) is 8.99. The van der Waals surface area contributed by atoms with Crippen molar-refractivity contribution in [2.24, 2.45) is 0 Å². The molecule has 156 valence electrons. The third-order valence-corrected chi connectivity index (χ3v) is 5.34. The molecule has 2 rings (SSSR count). The molecule has 8 heteroatoms. The van der Waals surface area contributed by atoms with Gasteiger partial charge in [-0.05, 0) is 57.0 Å². The fourth-order valence-corrected chi connectivity index (χ4v) is 3.72. The van der Waals surface area contributed by atoms with Crippen LogP contribution in [0.5, 0.6) is 0 Å². The minimum absolute atomic E-state index is 0.0771. The van der Waals surface area contributed by atoms with Crippen molar-refractivity contribution < 1.29 is 27.5 Å². The minimum atomic E-state index is -4.03. The number of rotatable bonds is 7. The monoisotopic (exact) mass is 419 g/mol. The van der Waals surface area contributed by atoms with E-state index in [2.05, 4.69) is 9.46 Å². The maximum atomic E-state index is 12.8. The fraction of sp³-hybridized carbons (Fsp3) is 0.333. The van der Waals surface area contributed by atoms with Crippen molar-refractivity contribution in [2.45, 2.75) is 43.7 Å². The Kier molecular flexibility index (Phi) is 7.16. The average molecular weight is 419 g/mol. The highest BCUT2D eigenvalue weighted by Crippen LogP contribution is 2.16. The van der Waals surface area contributed by atoms with Crippen LogP contribution in [-0.4, -0.2) is 39.1 Å². The number of benzene rings is 2. The Morgan fingerprint density at radius 3 is 2.10 bits per heavy atom. The number of carbonyl (C=O) groups excluding carboxylic acids is 2. The van der Waals surface area contributed by atoms with Crippen molar-refractivity contribution in [3.05, 3.63) is 65.7 Å². The van der Waals surface area contributed by atoms with Gasteiger partial charge in [0.25, 0.3) is 0 Å². The van der Waals surface area contributed by atoms with Crippen LogP contribution in [0, 0.1) is 0 Å². The van der Waals surface area contributed by atoms with Crippen LogP contribution in [-0.2, 0) is 30.7 Å². The summed E-state index contributed by atoms with van der Waals surface area (Å²) in [4.78, 5) is 24.1. The van der Waals surface area contributed by atoms with Crippen LogP contribution in [0.4, 0.5) is 0 Å². The van der Waals surface area contributed by atoms with E-state index >= 15 is 0 Å². The number of esters is 2. The zero-order chi connectivity index (χ0) is 21.7. The topological polar surface area (TPSA) is 98.8 Å². The van der Waals surface area contributed by atoms with Crippen molar-refractivity contribution in [1.29, 1.82) is 0 Å². The number of sulfonamides is 1. The van der Waals surface area contributed by atoms with Crippen LogP contribution in [0.3, 0.4) is 0 Å². The van der Waals surface area contributed by atoms with Crippen molar-refractivity contribution in [2.75, 3.05) is 7.11 Å². The average Bonchev–Trinajstić information content (AvgIpc) is 2.66. The second-order valence-corrected chi connectivity index (χ2v) is 9.13. The second-order valence-electron chi connectivity index (χ2n) is 7.41. The molecule has 29 heavy (non-hydrogen) atoms. The number of nitrogens with one attached hydrogen (secondary N) is 1. The molecule has 0 fully saturated rings. The van der Waals surface area contributed by atoms with Gasteiger partial charge in [-0.15, -0.1) is 0 Å². The number of methoxy groups -OCH3 is 1. The lowest BCUT2D eigenvalue weighted by atomic mass is 10.1. The molecule has 0 amide bonds. The van der Waals surface area contributed by atoms with E-state index in [-0.39, 0.29) is 16.9 Å². The highest BCUT2D eigenvalue weighted by molar-refractivity contribution is 7.89. The predicted molar refractivity (Wildman–Crippen MR) is 108 cm³/mol. The van der Waals surface area contributed by atoms with Gasteiger partial charge in [-0.25, -0.2) is 13.2 Å². The van der Waals surface area contributed by atoms with Crippen LogP contribution in [0.2, 0.25) is 0 Å². The van der Waals surface area contributed by atoms with Gasteiger partial charge in [-0.3, -0.25) is 4.79 Å². The van der Waals surface area contributed by atoms with Gasteiger partial charge in [0.2, 0.25) is 10.0 Å². The summed E-state index contributed by atoms with van der Waals surface area (Å²) in [5, 5.41) is 0. The molecule has 0 radical (unpaired) electrons. The van der Waals surface area contributed by atoms with E-state index < -0.39 is 33.6 Å². The van der Waals surface area contributed by atoms with E-state index in [1.165, 1.54) is 31.4 Å². The number of hydrogen-bond acceptors (Lipinski definition) is 6. The lowest BCUT2D eigenvalue weighted by molar-refractivity contribution is -0.156. The van der Waals surface area contributed by atoms with Gasteiger partial charge in [-0.2, -0.15) is 4.72 Å². The lowest BCUT2D eigenvalue weighted by Crippen LogP contribution is -2.45. The highest BCUT2D eigenvalue weighted by atomic mass is 32.2. The Labute approximate surface area is 171 Å². The Morgan fingerprint density at radius 2 is 1.59 bits per heavy atom. The van der Waals surface area contributed by atoms with Gasteiger partial charge in [0.15, 0.2) is 0 Å². The number of carbonyl (C=O) groups is 2. The summed E-state index contributed by atoms with van der Waals surface area (Å²) in [6, 6.07) is 13.2. The van der Waals surface area contributed by atoms with Gasteiger partial charge >= 0.3 is 11.9 Å². The fourth-order valence-electron chi connectivity index (χ4n) is 2.54. The molecule has 0 heterocycles. The molecule has 0 unspecified atom stereocenters. The zero-order valence-corrected chi connectivity index (χ0v) is 17.7. The van der Waals surface area contributed by atoms with E-state index in [9.17, 15) is 18.0 Å². The Bertz CT molecular complexity index is 947. The normalized spacial score (nSPS) is 12.8. The summed E-state index contributed by atoms with van der Waals surface area (Å²) in [5.74, 6) is -1.24. The van der Waals surface area contributed by atoms with Gasteiger partial charge in [-0.1, -0.05) is 30.3 Å². The first-order valence-corrected chi connectivity index (χ1v) is 10.5. The molecule has 0 spiro atoms. The summed E-state index contributed by atoms with van der Waals surface area (Å²) in [5.41, 5.74) is 0.242. The molecule has 0 saturated carbocycles. The molecule has 1 N–H and O–H groups in total. The number of ether oxygens (including phenoxy) is 2. The summed E-state index contributed by atoms with van der Waals surface area (Å²) >= 11 is 0. The van der Waals surface area contributed by atoms with E-state index in [4.69, 9.17) is 4.74 Å². The molecule has 0 aliphatic rings. The Morgan fingerprint density at radius 1 is 1.00 bits per heavy atom. The first-order chi connectivity index (χ1) is 13.5. The van der Waals surface area contributed by atoms with Crippen LogP contribution in [0.25, 0.3) is 0 Å². The molecule has 0 aromatic heterocycles. The largest absolute Gasteiger partial charge is 0.465 e. The van der Waals surface area contributed by atoms with Crippen LogP contribution in [0.1, 0.15) is 36.7 Å². The van der Waals surface area contributed by atoms with Crippen LogP contribution >= 0.6 is 0 Å². The molecular weight excluding hydrogens is 394 g/mol. The summed E-state index contributed by atoms with van der Waals surface area (Å²) in [7, 11) is -2.79. The molecule has 0 aliphatic carbocycles. The van der Waals surface area contributed by atoms with Crippen LogP contribution in [0.15, 0.2) is 59.5 Å². The summed E-state index contributed by atoms with van der Waals surface area (Å²) in [6.07, 6.45) is 0.134. The molecule has 1 atom stereocenters. The quantitative estimate of drug-likeness (QED) is 0.693.